The normalized spacial score (nSPS) is 34.4. The van der Waals surface area contributed by atoms with Gasteiger partial charge in [-0.15, -0.1) is 0 Å². The van der Waals surface area contributed by atoms with Crippen LogP contribution in [0.3, 0.4) is 0 Å². The van der Waals surface area contributed by atoms with Crippen molar-refractivity contribution in [2.75, 3.05) is 0 Å². The van der Waals surface area contributed by atoms with E-state index in [0.29, 0.717) is 10.8 Å². The summed E-state index contributed by atoms with van der Waals surface area (Å²) in [5.74, 6) is 1.88. The highest BCUT2D eigenvalue weighted by Gasteiger charge is 2.48. The minimum Gasteiger partial charge on any atom is -0.0654 e. The van der Waals surface area contributed by atoms with Crippen molar-refractivity contribution in [2.45, 2.75) is 99.3 Å². The van der Waals surface area contributed by atoms with E-state index in [4.69, 9.17) is 0 Å². The Hall–Kier alpha value is 0. The molecule has 0 aromatic carbocycles. The van der Waals surface area contributed by atoms with Crippen LogP contribution in [0.15, 0.2) is 0 Å². The lowest BCUT2D eigenvalue weighted by Crippen LogP contribution is -2.46. The van der Waals surface area contributed by atoms with Gasteiger partial charge in [-0.3, -0.25) is 0 Å². The molecule has 1 rings (SSSR count). The SMILES string of the molecule is CCCCCCC1(C)C(C)CC(CCC)CC1(C)C. The van der Waals surface area contributed by atoms with Crippen molar-refractivity contribution >= 4 is 0 Å². The van der Waals surface area contributed by atoms with Gasteiger partial charge < -0.3 is 0 Å². The zero-order chi connectivity index (χ0) is 14.5. The summed E-state index contributed by atoms with van der Waals surface area (Å²) < 4.78 is 0. The third-order valence-corrected chi connectivity index (χ3v) is 6.37. The molecule has 0 amide bonds. The van der Waals surface area contributed by atoms with E-state index in [1.54, 1.807) is 0 Å². The molecule has 0 heteroatoms. The smallest absolute Gasteiger partial charge is 0.0249 e. The van der Waals surface area contributed by atoms with Gasteiger partial charge >= 0.3 is 0 Å². The summed E-state index contributed by atoms with van der Waals surface area (Å²) in [6.07, 6.45) is 12.8. The lowest BCUT2D eigenvalue weighted by atomic mass is 9.50. The Morgan fingerprint density at radius 3 is 2.16 bits per heavy atom. The molecule has 0 heterocycles. The van der Waals surface area contributed by atoms with E-state index in [-0.39, 0.29) is 0 Å². The lowest BCUT2D eigenvalue weighted by molar-refractivity contribution is -0.0539. The molecule has 0 nitrogen and oxygen atoms in total. The molecule has 1 aliphatic rings. The molecule has 19 heavy (non-hydrogen) atoms. The van der Waals surface area contributed by atoms with Gasteiger partial charge in [0.1, 0.15) is 0 Å². The third-order valence-electron chi connectivity index (χ3n) is 6.37. The second kappa shape index (κ2) is 7.14. The molecule has 1 aliphatic carbocycles. The molecule has 114 valence electrons. The summed E-state index contributed by atoms with van der Waals surface area (Å²) in [5, 5.41) is 0. The molecule has 0 saturated heterocycles. The first-order valence-electron chi connectivity index (χ1n) is 8.87. The summed E-state index contributed by atoms with van der Waals surface area (Å²) in [6, 6.07) is 0. The van der Waals surface area contributed by atoms with Crippen LogP contribution in [-0.2, 0) is 0 Å². The Morgan fingerprint density at radius 2 is 1.63 bits per heavy atom. The van der Waals surface area contributed by atoms with E-state index >= 15 is 0 Å². The number of unbranched alkanes of at least 4 members (excludes halogenated alkanes) is 3. The van der Waals surface area contributed by atoms with E-state index in [1.807, 2.05) is 0 Å². The van der Waals surface area contributed by atoms with E-state index < -0.39 is 0 Å². The zero-order valence-corrected chi connectivity index (χ0v) is 14.5. The number of hydrogen-bond acceptors (Lipinski definition) is 0. The monoisotopic (exact) mass is 266 g/mol. The van der Waals surface area contributed by atoms with Crippen LogP contribution in [-0.4, -0.2) is 0 Å². The highest BCUT2D eigenvalue weighted by Crippen LogP contribution is 2.58. The van der Waals surface area contributed by atoms with Crippen molar-refractivity contribution in [2.24, 2.45) is 22.7 Å². The maximum absolute atomic E-state index is 2.59. The van der Waals surface area contributed by atoms with Crippen LogP contribution >= 0.6 is 0 Å². The van der Waals surface area contributed by atoms with Gasteiger partial charge in [0.2, 0.25) is 0 Å². The molecule has 1 fully saturated rings. The molecular weight excluding hydrogens is 228 g/mol. The standard InChI is InChI=1S/C19H38/c1-7-9-10-11-13-19(6)16(3)14-17(12-8-2)15-18(19,4)5/h16-17H,7-15H2,1-6H3. The molecule has 0 aromatic rings. The predicted molar refractivity (Wildman–Crippen MR) is 87.4 cm³/mol. The lowest BCUT2D eigenvalue weighted by Gasteiger charge is -2.55. The van der Waals surface area contributed by atoms with Gasteiger partial charge in [-0.2, -0.15) is 0 Å². The molecule has 3 atom stereocenters. The predicted octanol–water partition coefficient (Wildman–Crippen LogP) is 6.84. The Balaban J connectivity index is 2.64. The number of hydrogen-bond donors (Lipinski definition) is 0. The van der Waals surface area contributed by atoms with E-state index in [0.717, 1.165) is 11.8 Å². The average molecular weight is 267 g/mol. The Labute approximate surface area is 122 Å². The largest absolute Gasteiger partial charge is 0.0654 e. The minimum absolute atomic E-state index is 0.525. The van der Waals surface area contributed by atoms with Crippen molar-refractivity contribution in [1.29, 1.82) is 0 Å². The fourth-order valence-electron chi connectivity index (χ4n) is 4.60. The van der Waals surface area contributed by atoms with Crippen molar-refractivity contribution in [1.82, 2.24) is 0 Å². The van der Waals surface area contributed by atoms with Crippen LogP contribution in [0.1, 0.15) is 99.3 Å². The second-order valence-corrected chi connectivity index (χ2v) is 8.11. The molecule has 0 aliphatic heterocycles. The van der Waals surface area contributed by atoms with Gasteiger partial charge in [0.25, 0.3) is 0 Å². The summed E-state index contributed by atoms with van der Waals surface area (Å²) in [7, 11) is 0. The van der Waals surface area contributed by atoms with Crippen molar-refractivity contribution < 1.29 is 0 Å². The van der Waals surface area contributed by atoms with Crippen molar-refractivity contribution in [3.63, 3.8) is 0 Å². The highest BCUT2D eigenvalue weighted by atomic mass is 14.5. The van der Waals surface area contributed by atoms with Gasteiger partial charge in [-0.1, -0.05) is 80.1 Å². The van der Waals surface area contributed by atoms with E-state index in [1.165, 1.54) is 57.8 Å². The molecule has 0 radical (unpaired) electrons. The Morgan fingerprint density at radius 1 is 0.947 bits per heavy atom. The van der Waals surface area contributed by atoms with Crippen LogP contribution in [0.25, 0.3) is 0 Å². The van der Waals surface area contributed by atoms with Crippen LogP contribution in [0.2, 0.25) is 0 Å². The number of rotatable bonds is 7. The van der Waals surface area contributed by atoms with Gasteiger partial charge in [0.15, 0.2) is 0 Å². The first-order chi connectivity index (χ1) is 8.87. The van der Waals surface area contributed by atoms with Crippen molar-refractivity contribution in [3.8, 4) is 0 Å². The van der Waals surface area contributed by atoms with Gasteiger partial charge in [-0.25, -0.2) is 0 Å². The fraction of sp³-hybridized carbons (Fsp3) is 1.00. The third kappa shape index (κ3) is 3.99. The van der Waals surface area contributed by atoms with Gasteiger partial charge in [-0.05, 0) is 41.9 Å². The summed E-state index contributed by atoms with van der Waals surface area (Å²) >= 11 is 0. The first-order valence-corrected chi connectivity index (χ1v) is 8.87. The molecule has 0 spiro atoms. The summed E-state index contributed by atoms with van der Waals surface area (Å²) in [5.41, 5.74) is 1.09. The minimum atomic E-state index is 0.525. The van der Waals surface area contributed by atoms with Crippen LogP contribution in [0.5, 0.6) is 0 Å². The highest BCUT2D eigenvalue weighted by molar-refractivity contribution is 4.98. The van der Waals surface area contributed by atoms with Crippen LogP contribution < -0.4 is 0 Å². The topological polar surface area (TPSA) is 0 Å². The Bertz CT molecular complexity index is 253. The molecule has 3 unspecified atom stereocenters. The molecule has 0 aromatic heterocycles. The average Bonchev–Trinajstić information content (AvgIpc) is 2.32. The van der Waals surface area contributed by atoms with Crippen LogP contribution in [0.4, 0.5) is 0 Å². The maximum Gasteiger partial charge on any atom is -0.0249 e. The first kappa shape index (κ1) is 17.1. The van der Waals surface area contributed by atoms with Gasteiger partial charge in [0, 0.05) is 0 Å². The van der Waals surface area contributed by atoms with E-state index in [2.05, 4.69) is 41.5 Å². The molecule has 0 bridgehead atoms. The molecular formula is C19H38. The zero-order valence-electron chi connectivity index (χ0n) is 14.5. The summed E-state index contributed by atoms with van der Waals surface area (Å²) in [4.78, 5) is 0. The van der Waals surface area contributed by atoms with E-state index in [9.17, 15) is 0 Å². The Kier molecular flexibility index (Phi) is 6.40. The fourth-order valence-corrected chi connectivity index (χ4v) is 4.60. The summed E-state index contributed by atoms with van der Waals surface area (Å²) in [6.45, 7) is 14.9. The second-order valence-electron chi connectivity index (χ2n) is 8.11. The maximum atomic E-state index is 2.59. The van der Waals surface area contributed by atoms with Crippen molar-refractivity contribution in [3.05, 3.63) is 0 Å². The molecule has 1 saturated carbocycles. The van der Waals surface area contributed by atoms with Crippen LogP contribution in [0, 0.1) is 22.7 Å². The quantitative estimate of drug-likeness (QED) is 0.443. The van der Waals surface area contributed by atoms with Gasteiger partial charge in [0.05, 0.1) is 0 Å². The molecule has 0 N–H and O–H groups in total.